The Morgan fingerprint density at radius 2 is 2.07 bits per heavy atom. The van der Waals surface area contributed by atoms with Crippen LogP contribution < -0.4 is 5.32 Å². The van der Waals surface area contributed by atoms with Crippen molar-refractivity contribution >= 4 is 29.2 Å². The van der Waals surface area contributed by atoms with Crippen LogP contribution in [-0.4, -0.2) is 32.6 Å². The molecule has 0 radical (unpaired) electrons. The summed E-state index contributed by atoms with van der Waals surface area (Å²) in [6.07, 6.45) is 6.05. The number of carbonyl (C=O) groups is 1. The van der Waals surface area contributed by atoms with E-state index in [0.29, 0.717) is 29.1 Å². The Morgan fingerprint density at radius 1 is 1.33 bits per heavy atom. The number of carbonyl (C=O) groups excluding carboxylic acids is 1. The number of benzene rings is 1. The van der Waals surface area contributed by atoms with Gasteiger partial charge >= 0.3 is 6.03 Å². The molecule has 1 aromatic carbocycles. The van der Waals surface area contributed by atoms with E-state index in [4.69, 9.17) is 23.2 Å². The highest BCUT2D eigenvalue weighted by atomic mass is 35.5. The number of hydrogen-bond acceptors (Lipinski definition) is 2. The molecule has 1 N–H and O–H groups in total. The number of hydrogen-bond donors (Lipinski definition) is 1. The van der Waals surface area contributed by atoms with Gasteiger partial charge in [-0.25, -0.2) is 9.78 Å². The van der Waals surface area contributed by atoms with Gasteiger partial charge in [0.2, 0.25) is 0 Å². The Morgan fingerprint density at radius 3 is 2.70 bits per heavy atom. The molecular weight excluding hydrogens is 383 g/mol. The van der Waals surface area contributed by atoms with Gasteiger partial charge in [0.1, 0.15) is 5.82 Å². The van der Waals surface area contributed by atoms with Crippen molar-refractivity contribution < 1.29 is 4.79 Å². The third kappa shape index (κ3) is 5.88. The van der Waals surface area contributed by atoms with Crippen molar-refractivity contribution in [2.75, 3.05) is 6.54 Å². The fourth-order valence-electron chi connectivity index (χ4n) is 2.87. The average molecular weight is 409 g/mol. The number of nitrogens with one attached hydrogen (secondary N) is 1. The summed E-state index contributed by atoms with van der Waals surface area (Å²) in [5, 5.41) is 4.31. The van der Waals surface area contributed by atoms with Crippen LogP contribution in [-0.2, 0) is 13.1 Å². The smallest absolute Gasteiger partial charge is 0.318 e. The van der Waals surface area contributed by atoms with Crippen LogP contribution in [0.4, 0.5) is 4.79 Å². The van der Waals surface area contributed by atoms with Crippen LogP contribution in [0.15, 0.2) is 30.6 Å². The monoisotopic (exact) mass is 408 g/mol. The molecule has 27 heavy (non-hydrogen) atoms. The first-order valence-corrected chi connectivity index (χ1v) is 9.98. The summed E-state index contributed by atoms with van der Waals surface area (Å²) >= 11 is 12.3. The average Bonchev–Trinajstić information content (AvgIpc) is 3.27. The highest BCUT2D eigenvalue weighted by Gasteiger charge is 2.29. The van der Waals surface area contributed by atoms with Gasteiger partial charge < -0.3 is 14.8 Å². The molecule has 2 aromatic rings. The van der Waals surface area contributed by atoms with Crippen molar-refractivity contribution in [3.8, 4) is 0 Å². The second-order valence-electron chi connectivity index (χ2n) is 8.21. The van der Waals surface area contributed by atoms with Crippen LogP contribution in [0.2, 0.25) is 10.0 Å². The number of imidazole rings is 1. The molecule has 0 unspecified atom stereocenters. The summed E-state index contributed by atoms with van der Waals surface area (Å²) in [6.45, 7) is 7.79. The molecule has 146 valence electrons. The van der Waals surface area contributed by atoms with E-state index >= 15 is 0 Å². The zero-order valence-electron chi connectivity index (χ0n) is 16.0. The van der Waals surface area contributed by atoms with Crippen molar-refractivity contribution in [3.63, 3.8) is 0 Å². The minimum absolute atomic E-state index is 0.0477. The number of aromatic nitrogens is 2. The molecule has 1 aromatic heterocycles. The molecule has 5 nitrogen and oxygen atoms in total. The number of amides is 2. The number of halogens is 2. The van der Waals surface area contributed by atoms with Gasteiger partial charge in [-0.2, -0.15) is 0 Å². The summed E-state index contributed by atoms with van der Waals surface area (Å²) in [4.78, 5) is 19.1. The molecule has 0 saturated heterocycles. The first-order chi connectivity index (χ1) is 12.7. The Bertz CT molecular complexity index is 809. The first kappa shape index (κ1) is 20.0. The van der Waals surface area contributed by atoms with E-state index in [1.54, 1.807) is 12.3 Å². The second-order valence-corrected chi connectivity index (χ2v) is 9.05. The number of rotatable bonds is 6. The summed E-state index contributed by atoms with van der Waals surface area (Å²) in [5.41, 5.74) is 0.693. The molecule has 1 aliphatic rings. The minimum atomic E-state index is -0.273. The lowest BCUT2D eigenvalue weighted by molar-refractivity contribution is 0.181. The van der Waals surface area contributed by atoms with Crippen molar-refractivity contribution in [2.24, 2.45) is 5.92 Å². The maximum Gasteiger partial charge on any atom is 0.318 e. The molecule has 0 bridgehead atoms. The van der Waals surface area contributed by atoms with Crippen LogP contribution in [0.5, 0.6) is 0 Å². The summed E-state index contributed by atoms with van der Waals surface area (Å²) in [6, 6.07) is 5.44. The zero-order chi connectivity index (χ0) is 19.6. The Hall–Kier alpha value is -1.72. The van der Waals surface area contributed by atoms with Crippen LogP contribution >= 0.6 is 23.2 Å². The number of nitrogens with zero attached hydrogens (tertiary/aromatic N) is 3. The van der Waals surface area contributed by atoms with Crippen LogP contribution in [0.25, 0.3) is 0 Å². The van der Waals surface area contributed by atoms with E-state index < -0.39 is 0 Å². The van der Waals surface area contributed by atoms with Crippen LogP contribution in [0, 0.1) is 5.92 Å². The third-order valence-electron chi connectivity index (χ3n) is 4.43. The Balaban J connectivity index is 1.74. The van der Waals surface area contributed by atoms with E-state index in [9.17, 15) is 4.79 Å². The summed E-state index contributed by atoms with van der Waals surface area (Å²) < 4.78 is 2.03. The molecule has 0 spiro atoms. The Kier molecular flexibility index (Phi) is 6.02. The van der Waals surface area contributed by atoms with Crippen LogP contribution in [0.3, 0.4) is 0 Å². The molecule has 7 heteroatoms. The molecule has 1 fully saturated rings. The molecular formula is C20H26Cl2N4O. The minimum Gasteiger partial charge on any atom is -0.333 e. The summed E-state index contributed by atoms with van der Waals surface area (Å²) in [7, 11) is 0. The van der Waals surface area contributed by atoms with E-state index in [2.05, 4.69) is 10.3 Å². The largest absolute Gasteiger partial charge is 0.333 e. The van der Waals surface area contributed by atoms with Crippen LogP contribution in [0.1, 0.15) is 45.0 Å². The van der Waals surface area contributed by atoms with E-state index in [0.717, 1.165) is 17.9 Å². The predicted octanol–water partition coefficient (Wildman–Crippen LogP) is 4.96. The van der Waals surface area contributed by atoms with Gasteiger partial charge in [-0.05, 0) is 57.2 Å². The van der Waals surface area contributed by atoms with Gasteiger partial charge in [-0.1, -0.05) is 29.3 Å². The van der Waals surface area contributed by atoms with E-state index in [1.807, 2.05) is 48.6 Å². The van der Waals surface area contributed by atoms with Gasteiger partial charge in [0.05, 0.1) is 13.1 Å². The van der Waals surface area contributed by atoms with E-state index in [-0.39, 0.29) is 11.6 Å². The highest BCUT2D eigenvalue weighted by molar-refractivity contribution is 6.35. The molecule has 2 amide bonds. The molecule has 0 atom stereocenters. The maximum absolute atomic E-state index is 12.8. The van der Waals surface area contributed by atoms with Gasteiger partial charge in [-0.3, -0.25) is 0 Å². The lowest BCUT2D eigenvalue weighted by atomic mass is 10.1. The predicted molar refractivity (Wildman–Crippen MR) is 109 cm³/mol. The van der Waals surface area contributed by atoms with Crippen molar-refractivity contribution in [2.45, 2.75) is 52.2 Å². The lowest BCUT2D eigenvalue weighted by Gasteiger charge is -2.28. The van der Waals surface area contributed by atoms with Gasteiger partial charge in [0, 0.05) is 34.5 Å². The van der Waals surface area contributed by atoms with Gasteiger partial charge in [-0.15, -0.1) is 0 Å². The maximum atomic E-state index is 12.8. The highest BCUT2D eigenvalue weighted by Crippen LogP contribution is 2.30. The van der Waals surface area contributed by atoms with Gasteiger partial charge in [0.25, 0.3) is 0 Å². The van der Waals surface area contributed by atoms with E-state index in [1.165, 1.54) is 12.8 Å². The van der Waals surface area contributed by atoms with Crippen molar-refractivity contribution in [3.05, 3.63) is 52.0 Å². The van der Waals surface area contributed by atoms with Crippen molar-refractivity contribution in [1.29, 1.82) is 0 Å². The fraction of sp³-hybridized carbons (Fsp3) is 0.500. The molecule has 1 aliphatic carbocycles. The first-order valence-electron chi connectivity index (χ1n) is 9.22. The third-order valence-corrected chi connectivity index (χ3v) is 5.02. The lowest BCUT2D eigenvalue weighted by Crippen LogP contribution is -2.49. The number of urea groups is 1. The normalized spacial score (nSPS) is 14.3. The van der Waals surface area contributed by atoms with Gasteiger partial charge in [0.15, 0.2) is 0 Å². The quantitative estimate of drug-likeness (QED) is 0.733. The topological polar surface area (TPSA) is 50.2 Å². The molecule has 1 heterocycles. The fourth-order valence-corrected chi connectivity index (χ4v) is 3.34. The second kappa shape index (κ2) is 8.11. The molecule has 3 rings (SSSR count). The summed E-state index contributed by atoms with van der Waals surface area (Å²) in [5.74, 6) is 1.44. The van der Waals surface area contributed by atoms with Crippen molar-refractivity contribution in [1.82, 2.24) is 19.8 Å². The Labute approximate surface area is 170 Å². The molecule has 0 aliphatic heterocycles. The standard InChI is InChI=1S/C20H26Cl2N4O/c1-20(2,3)24-19(27)26(11-14-4-5-14)13-18-23-8-9-25(18)12-15-6-7-16(21)10-17(15)22/h6-10,14H,4-5,11-13H2,1-3H3,(H,24,27). The SMILES string of the molecule is CC(C)(C)NC(=O)N(Cc1nccn1Cc1ccc(Cl)cc1Cl)CC1CC1. The zero-order valence-corrected chi connectivity index (χ0v) is 17.5. The molecule has 1 saturated carbocycles.